The minimum atomic E-state index is -4.74. The molecule has 0 aliphatic rings. The van der Waals surface area contributed by atoms with Crippen LogP contribution in [0.5, 0.6) is 0 Å². The van der Waals surface area contributed by atoms with Crippen LogP contribution < -0.4 is 0 Å². The summed E-state index contributed by atoms with van der Waals surface area (Å²) < 4.78 is 53.2. The Bertz CT molecular complexity index is 389. The highest BCUT2D eigenvalue weighted by atomic mass is 19.4. The van der Waals surface area contributed by atoms with Crippen LogP contribution in [0.25, 0.3) is 0 Å². The fraction of sp³-hybridized carbons (Fsp3) is 0.250. The van der Waals surface area contributed by atoms with Crippen molar-refractivity contribution in [1.82, 2.24) is 4.98 Å². The number of carbonyl (C=O) groups excluding carboxylic acids is 1. The molecule has 0 atom stereocenters. The maximum Gasteiger partial charge on any atom is 0.433 e. The van der Waals surface area contributed by atoms with Gasteiger partial charge in [-0.3, -0.25) is 4.98 Å². The van der Waals surface area contributed by atoms with Crippen LogP contribution in [0, 0.1) is 5.82 Å². The van der Waals surface area contributed by atoms with Crippen LogP contribution in [-0.4, -0.2) is 18.1 Å². The lowest BCUT2D eigenvalue weighted by Gasteiger charge is -2.06. The molecular weight excluding hydrogens is 218 g/mol. The summed E-state index contributed by atoms with van der Waals surface area (Å²) in [6.07, 6.45) is -4.25. The average Bonchev–Trinajstić information content (AvgIpc) is 2.15. The molecule has 0 saturated carbocycles. The molecule has 0 aliphatic carbocycles. The largest absolute Gasteiger partial charge is 0.465 e. The smallest absolute Gasteiger partial charge is 0.433 e. The Kier molecular flexibility index (Phi) is 2.92. The number of carbonyl (C=O) groups is 1. The van der Waals surface area contributed by atoms with Gasteiger partial charge in [-0.1, -0.05) is 0 Å². The molecule has 0 spiro atoms. The lowest BCUT2D eigenvalue weighted by atomic mass is 10.2. The fourth-order valence-corrected chi connectivity index (χ4v) is 0.846. The van der Waals surface area contributed by atoms with Crippen molar-refractivity contribution in [2.45, 2.75) is 6.18 Å². The van der Waals surface area contributed by atoms with Gasteiger partial charge in [-0.15, -0.1) is 0 Å². The summed E-state index contributed by atoms with van der Waals surface area (Å²) in [5, 5.41) is 0. The number of esters is 1. The number of nitrogens with zero attached hydrogens (tertiary/aromatic N) is 1. The molecule has 0 aromatic carbocycles. The summed E-state index contributed by atoms with van der Waals surface area (Å²) in [4.78, 5) is 13.7. The lowest BCUT2D eigenvalue weighted by molar-refractivity contribution is -0.141. The van der Waals surface area contributed by atoms with Crippen molar-refractivity contribution < 1.29 is 27.1 Å². The van der Waals surface area contributed by atoms with Crippen LogP contribution in [0.2, 0.25) is 0 Å². The van der Waals surface area contributed by atoms with Crippen LogP contribution >= 0.6 is 0 Å². The second-order valence-electron chi connectivity index (χ2n) is 2.54. The first kappa shape index (κ1) is 11.4. The number of aromatic nitrogens is 1. The van der Waals surface area contributed by atoms with Gasteiger partial charge in [0.25, 0.3) is 0 Å². The average molecular weight is 223 g/mol. The molecule has 0 radical (unpaired) electrons. The summed E-state index contributed by atoms with van der Waals surface area (Å²) in [5.74, 6) is -2.39. The van der Waals surface area contributed by atoms with Gasteiger partial charge in [0.15, 0.2) is 0 Å². The van der Waals surface area contributed by atoms with E-state index in [1.165, 1.54) is 0 Å². The molecule has 0 fully saturated rings. The van der Waals surface area contributed by atoms with E-state index in [1.807, 2.05) is 0 Å². The third-order valence-electron chi connectivity index (χ3n) is 1.55. The summed E-state index contributed by atoms with van der Waals surface area (Å²) in [7, 11) is 0.986. The number of ether oxygens (including phenoxy) is 1. The molecule has 0 bridgehead atoms. The van der Waals surface area contributed by atoms with E-state index in [0.717, 1.165) is 7.11 Å². The van der Waals surface area contributed by atoms with Crippen molar-refractivity contribution in [2.75, 3.05) is 7.11 Å². The topological polar surface area (TPSA) is 39.2 Å². The van der Waals surface area contributed by atoms with E-state index < -0.39 is 29.2 Å². The van der Waals surface area contributed by atoms with Gasteiger partial charge in [0.2, 0.25) is 0 Å². The van der Waals surface area contributed by atoms with Crippen LogP contribution in [0.3, 0.4) is 0 Å². The number of halogens is 4. The first-order chi connectivity index (χ1) is 6.86. The molecule has 1 aromatic heterocycles. The van der Waals surface area contributed by atoms with Crippen LogP contribution in [0.15, 0.2) is 12.3 Å². The Morgan fingerprint density at radius 1 is 1.47 bits per heavy atom. The Labute approximate surface area is 81.7 Å². The zero-order valence-corrected chi connectivity index (χ0v) is 7.43. The van der Waals surface area contributed by atoms with Crippen molar-refractivity contribution in [3.05, 3.63) is 29.3 Å². The zero-order valence-electron chi connectivity index (χ0n) is 7.43. The van der Waals surface area contributed by atoms with E-state index in [-0.39, 0.29) is 6.07 Å². The second-order valence-corrected chi connectivity index (χ2v) is 2.54. The number of hydrogen-bond donors (Lipinski definition) is 0. The van der Waals surface area contributed by atoms with Crippen molar-refractivity contribution in [3.8, 4) is 0 Å². The number of pyridine rings is 1. The van der Waals surface area contributed by atoms with Gasteiger partial charge in [-0.25, -0.2) is 9.18 Å². The number of methoxy groups -OCH3 is 1. The highest BCUT2D eigenvalue weighted by Crippen LogP contribution is 2.28. The summed E-state index contributed by atoms with van der Waals surface area (Å²) in [5.41, 5.74) is -2.03. The van der Waals surface area contributed by atoms with Gasteiger partial charge in [-0.2, -0.15) is 13.2 Å². The van der Waals surface area contributed by atoms with Crippen molar-refractivity contribution in [3.63, 3.8) is 0 Å². The molecule has 1 rings (SSSR count). The van der Waals surface area contributed by atoms with Crippen LogP contribution in [0.1, 0.15) is 16.1 Å². The molecule has 1 aromatic rings. The summed E-state index contributed by atoms with van der Waals surface area (Å²) in [6.45, 7) is 0. The molecule has 7 heteroatoms. The first-order valence-electron chi connectivity index (χ1n) is 3.67. The van der Waals surface area contributed by atoms with Gasteiger partial charge in [0.05, 0.1) is 7.11 Å². The number of rotatable bonds is 1. The molecular formula is C8H5F4NO2. The summed E-state index contributed by atoms with van der Waals surface area (Å²) >= 11 is 0. The quantitative estimate of drug-likeness (QED) is 0.540. The molecule has 0 saturated heterocycles. The molecule has 15 heavy (non-hydrogen) atoms. The van der Waals surface area contributed by atoms with Crippen molar-refractivity contribution in [2.24, 2.45) is 0 Å². The maximum atomic E-state index is 13.0. The van der Waals surface area contributed by atoms with Crippen molar-refractivity contribution in [1.29, 1.82) is 0 Å². The van der Waals surface area contributed by atoms with Gasteiger partial charge in [0, 0.05) is 12.3 Å². The monoisotopic (exact) mass is 223 g/mol. The van der Waals surface area contributed by atoms with Crippen LogP contribution in [-0.2, 0) is 10.9 Å². The van der Waals surface area contributed by atoms with E-state index in [2.05, 4.69) is 9.72 Å². The fourth-order valence-electron chi connectivity index (χ4n) is 0.846. The second kappa shape index (κ2) is 3.84. The van der Waals surface area contributed by atoms with Gasteiger partial charge >= 0.3 is 12.1 Å². The third kappa shape index (κ3) is 2.42. The predicted molar refractivity (Wildman–Crippen MR) is 40.5 cm³/mol. The van der Waals surface area contributed by atoms with Gasteiger partial charge < -0.3 is 4.74 Å². The normalized spacial score (nSPS) is 11.3. The number of alkyl halides is 3. The molecule has 0 N–H and O–H groups in total. The van der Waals surface area contributed by atoms with Gasteiger partial charge in [0.1, 0.15) is 17.1 Å². The standard InChI is InChI=1S/C8H5F4NO2/c1-15-7(14)4-3-13-6(2-5(4)9)8(10,11)12/h2-3H,1H3. The predicted octanol–water partition coefficient (Wildman–Crippen LogP) is 2.03. The highest BCUT2D eigenvalue weighted by Gasteiger charge is 2.33. The molecule has 1 heterocycles. The molecule has 0 unspecified atom stereocenters. The molecule has 3 nitrogen and oxygen atoms in total. The molecule has 82 valence electrons. The van der Waals surface area contributed by atoms with E-state index in [9.17, 15) is 22.4 Å². The Hall–Kier alpha value is -1.66. The van der Waals surface area contributed by atoms with Crippen LogP contribution in [0.4, 0.5) is 17.6 Å². The van der Waals surface area contributed by atoms with E-state index >= 15 is 0 Å². The number of hydrogen-bond acceptors (Lipinski definition) is 3. The minimum Gasteiger partial charge on any atom is -0.465 e. The van der Waals surface area contributed by atoms with Crippen molar-refractivity contribution >= 4 is 5.97 Å². The van der Waals surface area contributed by atoms with E-state index in [0.29, 0.717) is 6.20 Å². The Balaban J connectivity index is 3.15. The SMILES string of the molecule is COC(=O)c1cnc(C(F)(F)F)cc1F. The van der Waals surface area contributed by atoms with E-state index in [1.54, 1.807) is 0 Å². The summed E-state index contributed by atoms with van der Waals surface area (Å²) in [6, 6.07) is 0.145. The van der Waals surface area contributed by atoms with Gasteiger partial charge in [-0.05, 0) is 0 Å². The molecule has 0 aliphatic heterocycles. The highest BCUT2D eigenvalue weighted by molar-refractivity contribution is 5.89. The lowest BCUT2D eigenvalue weighted by Crippen LogP contribution is -2.12. The van der Waals surface area contributed by atoms with E-state index in [4.69, 9.17) is 0 Å². The molecule has 0 amide bonds. The Morgan fingerprint density at radius 3 is 2.47 bits per heavy atom. The third-order valence-corrected chi connectivity index (χ3v) is 1.55. The minimum absolute atomic E-state index is 0.145. The first-order valence-corrected chi connectivity index (χ1v) is 3.67. The Morgan fingerprint density at radius 2 is 2.07 bits per heavy atom. The zero-order chi connectivity index (χ0) is 11.6. The maximum absolute atomic E-state index is 13.0.